The number of halogens is 4. The number of alkyl halides is 2. The van der Waals surface area contributed by atoms with E-state index < -0.39 is 23.1 Å². The molecule has 1 heterocycles. The Morgan fingerprint density at radius 2 is 1.88 bits per heavy atom. The maximum absolute atomic E-state index is 14.1. The van der Waals surface area contributed by atoms with Gasteiger partial charge in [-0.25, -0.2) is 13.8 Å². The van der Waals surface area contributed by atoms with Crippen LogP contribution in [0.2, 0.25) is 0 Å². The van der Waals surface area contributed by atoms with Crippen molar-refractivity contribution in [2.24, 2.45) is 0 Å². The first-order chi connectivity index (χ1) is 11.4. The predicted octanol–water partition coefficient (Wildman–Crippen LogP) is 3.79. The Labute approximate surface area is 150 Å². The lowest BCUT2D eigenvalue weighted by molar-refractivity contribution is -0.250. The molecule has 0 aliphatic heterocycles. The van der Waals surface area contributed by atoms with E-state index in [4.69, 9.17) is 5.11 Å². The SMILES string of the molecule is Cc1nc(Br)c(C(C#N)=CC2=C(F)C(O)(F)C(O)(F)C=C2)c(C)c1C. The van der Waals surface area contributed by atoms with Crippen molar-refractivity contribution in [1.82, 2.24) is 4.98 Å². The zero-order chi connectivity index (χ0) is 19.2. The van der Waals surface area contributed by atoms with Crippen molar-refractivity contribution in [1.29, 1.82) is 5.26 Å². The van der Waals surface area contributed by atoms with Crippen LogP contribution >= 0.6 is 15.9 Å². The van der Waals surface area contributed by atoms with Crippen LogP contribution in [0.25, 0.3) is 5.57 Å². The third-order valence-corrected chi connectivity index (χ3v) is 4.71. The summed E-state index contributed by atoms with van der Waals surface area (Å²) in [4.78, 5) is 4.24. The summed E-state index contributed by atoms with van der Waals surface area (Å²) >= 11 is 3.24. The maximum atomic E-state index is 14.1. The van der Waals surface area contributed by atoms with Gasteiger partial charge in [-0.3, -0.25) is 0 Å². The summed E-state index contributed by atoms with van der Waals surface area (Å²) < 4.78 is 41.8. The van der Waals surface area contributed by atoms with Crippen LogP contribution in [0.4, 0.5) is 13.2 Å². The molecule has 4 nitrogen and oxygen atoms in total. The Morgan fingerprint density at radius 3 is 2.44 bits per heavy atom. The second-order valence-electron chi connectivity index (χ2n) is 5.68. The highest BCUT2D eigenvalue weighted by molar-refractivity contribution is 9.10. The number of nitrogens with zero attached hydrogens (tertiary/aromatic N) is 2. The Morgan fingerprint density at radius 1 is 1.28 bits per heavy atom. The monoisotopic (exact) mass is 414 g/mol. The van der Waals surface area contributed by atoms with Gasteiger partial charge in [-0.05, 0) is 60.0 Å². The molecule has 2 rings (SSSR count). The van der Waals surface area contributed by atoms with Crippen molar-refractivity contribution in [2.75, 3.05) is 0 Å². The average Bonchev–Trinajstić information content (AvgIpc) is 2.52. The fourth-order valence-electron chi connectivity index (χ4n) is 2.37. The molecule has 1 aromatic rings. The van der Waals surface area contributed by atoms with Gasteiger partial charge in [0.1, 0.15) is 4.60 Å². The van der Waals surface area contributed by atoms with Crippen molar-refractivity contribution >= 4 is 21.5 Å². The van der Waals surface area contributed by atoms with Gasteiger partial charge in [0.2, 0.25) is 0 Å². The van der Waals surface area contributed by atoms with Gasteiger partial charge < -0.3 is 10.2 Å². The van der Waals surface area contributed by atoms with E-state index in [1.54, 1.807) is 20.8 Å². The molecule has 8 heteroatoms. The number of aliphatic hydroxyl groups is 2. The molecule has 0 saturated carbocycles. The molecular formula is C17H14BrF3N2O2. The van der Waals surface area contributed by atoms with E-state index >= 15 is 0 Å². The molecule has 1 aromatic heterocycles. The fraction of sp³-hybridized carbons (Fsp3) is 0.294. The lowest BCUT2D eigenvalue weighted by atomic mass is 9.93. The summed E-state index contributed by atoms with van der Waals surface area (Å²) in [6.07, 6.45) is 1.98. The number of rotatable bonds is 2. The molecule has 0 saturated heterocycles. The Bertz CT molecular complexity index is 881. The van der Waals surface area contributed by atoms with Gasteiger partial charge in [0.25, 0.3) is 5.85 Å². The van der Waals surface area contributed by atoms with Crippen molar-refractivity contribution in [3.63, 3.8) is 0 Å². The Hall–Kier alpha value is -1.95. The van der Waals surface area contributed by atoms with Crippen LogP contribution in [-0.2, 0) is 0 Å². The molecule has 2 N–H and O–H groups in total. The molecule has 0 aromatic carbocycles. The quantitative estimate of drug-likeness (QED) is 0.570. The second-order valence-corrected chi connectivity index (χ2v) is 6.43. The highest BCUT2D eigenvalue weighted by atomic mass is 79.9. The van der Waals surface area contributed by atoms with Crippen molar-refractivity contribution in [2.45, 2.75) is 32.5 Å². The highest BCUT2D eigenvalue weighted by Crippen LogP contribution is 2.41. The van der Waals surface area contributed by atoms with E-state index in [0.717, 1.165) is 23.4 Å². The van der Waals surface area contributed by atoms with Crippen LogP contribution in [0.15, 0.2) is 34.2 Å². The largest absolute Gasteiger partial charge is 0.354 e. The molecule has 0 bridgehead atoms. The number of pyridine rings is 1. The Kier molecular flexibility index (Phi) is 4.97. The van der Waals surface area contributed by atoms with Gasteiger partial charge in [-0.15, -0.1) is 0 Å². The molecule has 1 aliphatic carbocycles. The lowest BCUT2D eigenvalue weighted by Gasteiger charge is -2.30. The van der Waals surface area contributed by atoms with Crippen LogP contribution in [-0.4, -0.2) is 26.9 Å². The predicted molar refractivity (Wildman–Crippen MR) is 89.1 cm³/mol. The third-order valence-electron chi connectivity index (χ3n) is 4.13. The third kappa shape index (κ3) is 3.15. The molecular weight excluding hydrogens is 401 g/mol. The van der Waals surface area contributed by atoms with Crippen LogP contribution < -0.4 is 0 Å². The van der Waals surface area contributed by atoms with Crippen molar-refractivity contribution in [3.8, 4) is 6.07 Å². The first-order valence-corrected chi connectivity index (χ1v) is 7.90. The van der Waals surface area contributed by atoms with E-state index in [1.807, 2.05) is 6.07 Å². The first-order valence-electron chi connectivity index (χ1n) is 7.11. The molecule has 25 heavy (non-hydrogen) atoms. The van der Waals surface area contributed by atoms with Crippen LogP contribution in [0.5, 0.6) is 0 Å². The number of nitriles is 1. The highest BCUT2D eigenvalue weighted by Gasteiger charge is 2.56. The fourth-order valence-corrected chi connectivity index (χ4v) is 3.15. The van der Waals surface area contributed by atoms with Gasteiger partial charge >= 0.3 is 5.85 Å². The molecule has 0 fully saturated rings. The average molecular weight is 415 g/mol. The van der Waals surface area contributed by atoms with E-state index in [0.29, 0.717) is 15.7 Å². The molecule has 132 valence electrons. The van der Waals surface area contributed by atoms with Gasteiger partial charge in [0, 0.05) is 16.8 Å². The molecule has 0 spiro atoms. The second kappa shape index (κ2) is 6.41. The van der Waals surface area contributed by atoms with E-state index in [1.165, 1.54) is 0 Å². The molecule has 1 aliphatic rings. The smallest absolute Gasteiger partial charge is 0.323 e. The van der Waals surface area contributed by atoms with Crippen LogP contribution in [0.3, 0.4) is 0 Å². The summed E-state index contributed by atoms with van der Waals surface area (Å²) in [5.74, 6) is -10.1. The van der Waals surface area contributed by atoms with Crippen LogP contribution in [0.1, 0.15) is 22.4 Å². The van der Waals surface area contributed by atoms with Gasteiger partial charge in [-0.2, -0.15) is 9.65 Å². The zero-order valence-electron chi connectivity index (χ0n) is 13.5. The standard InChI is InChI=1S/C17H14BrF3N2O2/c1-8-9(2)13(15(18)23-10(8)3)12(7-22)6-11-4-5-16(20,24)17(21,25)14(11)19/h4-6,24-25H,1-3H3. The summed E-state index contributed by atoms with van der Waals surface area (Å²) in [6, 6.07) is 1.86. The van der Waals surface area contributed by atoms with Crippen molar-refractivity contribution in [3.05, 3.63) is 56.6 Å². The summed E-state index contributed by atoms with van der Waals surface area (Å²) in [5.41, 5.74) is 1.96. The van der Waals surface area contributed by atoms with Gasteiger partial charge in [0.05, 0.1) is 11.6 Å². The van der Waals surface area contributed by atoms with E-state index in [-0.39, 0.29) is 11.6 Å². The summed E-state index contributed by atoms with van der Waals surface area (Å²) in [5, 5.41) is 27.8. The topological polar surface area (TPSA) is 77.1 Å². The molecule has 0 amide bonds. The normalized spacial score (nSPS) is 26.8. The van der Waals surface area contributed by atoms with Gasteiger partial charge in [-0.1, -0.05) is 6.08 Å². The minimum Gasteiger partial charge on any atom is -0.354 e. The maximum Gasteiger partial charge on any atom is 0.323 e. The number of hydrogen-bond acceptors (Lipinski definition) is 4. The van der Waals surface area contributed by atoms with Crippen LogP contribution in [0, 0.1) is 32.1 Å². The summed E-state index contributed by atoms with van der Waals surface area (Å²) in [6.45, 7) is 5.32. The molecule has 2 atom stereocenters. The zero-order valence-corrected chi connectivity index (χ0v) is 15.1. The minimum absolute atomic E-state index is 0.0742. The van der Waals surface area contributed by atoms with E-state index in [9.17, 15) is 23.5 Å². The molecule has 0 radical (unpaired) electrons. The van der Waals surface area contributed by atoms with Crippen molar-refractivity contribution < 1.29 is 23.4 Å². The lowest BCUT2D eigenvalue weighted by Crippen LogP contribution is -2.48. The number of aryl methyl sites for hydroxylation is 1. The first kappa shape index (κ1) is 19.4. The summed E-state index contributed by atoms with van der Waals surface area (Å²) in [7, 11) is 0. The van der Waals surface area contributed by atoms with Gasteiger partial charge in [0.15, 0.2) is 5.83 Å². The molecule has 2 unspecified atom stereocenters. The Balaban J connectivity index is 2.68. The number of allylic oxidation sites excluding steroid dienone is 4. The minimum atomic E-state index is -4.25. The van der Waals surface area contributed by atoms with E-state index in [2.05, 4.69) is 20.9 Å². The number of hydrogen-bond donors (Lipinski definition) is 2. The number of aromatic nitrogens is 1.